The van der Waals surface area contributed by atoms with Crippen molar-refractivity contribution in [1.82, 2.24) is 10.2 Å². The first-order valence-corrected chi connectivity index (χ1v) is 17.2. The Morgan fingerprint density at radius 1 is 0.700 bits per heavy atom. The number of nitrogens with zero attached hydrogens (tertiary/aromatic N) is 1. The molecule has 5 aromatic carbocycles. The number of ether oxygens (including phenoxy) is 2. The molecule has 8 heteroatoms. The van der Waals surface area contributed by atoms with E-state index < -0.39 is 0 Å². The minimum Gasteiger partial charge on any atom is -0.497 e. The second-order valence-electron chi connectivity index (χ2n) is 11.4. The van der Waals surface area contributed by atoms with Crippen molar-refractivity contribution in [2.75, 3.05) is 20.8 Å². The van der Waals surface area contributed by atoms with Gasteiger partial charge in [-0.1, -0.05) is 127 Å². The number of carbonyl (C=O) groups excluding carboxylic acids is 2. The zero-order valence-electron chi connectivity index (χ0n) is 27.9. The first kappa shape index (κ1) is 34.4. The predicted octanol–water partition coefficient (Wildman–Crippen LogP) is 8.88. The third-order valence-corrected chi connectivity index (χ3v) is 9.64. The summed E-state index contributed by atoms with van der Waals surface area (Å²) in [4.78, 5) is 26.8. The molecule has 50 heavy (non-hydrogen) atoms. The molecule has 0 atom stereocenters. The van der Waals surface area contributed by atoms with Gasteiger partial charge in [0, 0.05) is 6.54 Å². The molecule has 5 aromatic rings. The van der Waals surface area contributed by atoms with Gasteiger partial charge in [0.15, 0.2) is 0 Å². The molecular weight excluding hydrogens is 661 g/mol. The van der Waals surface area contributed by atoms with Crippen LogP contribution in [0.25, 0.3) is 28.3 Å². The van der Waals surface area contributed by atoms with Crippen LogP contribution in [0, 0.1) is 6.54 Å². The van der Waals surface area contributed by atoms with Crippen LogP contribution in [0.15, 0.2) is 132 Å². The van der Waals surface area contributed by atoms with Gasteiger partial charge in [-0.15, -0.1) is 0 Å². The number of methoxy groups -OCH3 is 2. The molecule has 0 bridgehead atoms. The fourth-order valence-electron chi connectivity index (χ4n) is 5.77. The van der Waals surface area contributed by atoms with Crippen LogP contribution in [-0.4, -0.2) is 41.8 Å². The normalized spacial score (nSPS) is 13.3. The monoisotopic (exact) mass is 695 g/mol. The Morgan fingerprint density at radius 3 is 1.64 bits per heavy atom. The summed E-state index contributed by atoms with van der Waals surface area (Å²) < 4.78 is 11.3. The molecular formula is C42H35N2O4S2. The highest BCUT2D eigenvalue weighted by Crippen LogP contribution is 2.39. The molecule has 6 rings (SSSR count). The number of nitrogens with one attached hydrogen (secondary N) is 1. The lowest BCUT2D eigenvalue weighted by atomic mass is 9.85. The lowest BCUT2D eigenvalue weighted by molar-refractivity contribution is -0.128. The second-order valence-corrected chi connectivity index (χ2v) is 13.1. The molecule has 0 unspecified atom stereocenters. The zero-order valence-corrected chi connectivity index (χ0v) is 29.5. The van der Waals surface area contributed by atoms with Crippen LogP contribution >= 0.6 is 24.0 Å². The molecule has 1 heterocycles. The maximum absolute atomic E-state index is 13.0. The summed E-state index contributed by atoms with van der Waals surface area (Å²) in [7, 11) is 3.35. The third-order valence-electron chi connectivity index (χ3n) is 8.27. The van der Waals surface area contributed by atoms with E-state index >= 15 is 0 Å². The van der Waals surface area contributed by atoms with Gasteiger partial charge in [0.1, 0.15) is 22.4 Å². The maximum atomic E-state index is 13.0. The molecule has 1 radical (unpaired) electrons. The Labute approximate surface area is 302 Å². The van der Waals surface area contributed by atoms with Gasteiger partial charge < -0.3 is 14.8 Å². The number of hydrogen-bond donors (Lipinski definition) is 1. The van der Waals surface area contributed by atoms with Crippen molar-refractivity contribution in [2.45, 2.75) is 6.92 Å². The topological polar surface area (TPSA) is 67.9 Å². The molecule has 1 N–H and O–H groups in total. The van der Waals surface area contributed by atoms with E-state index in [2.05, 4.69) is 78.1 Å². The number of amides is 2. The van der Waals surface area contributed by atoms with Crippen molar-refractivity contribution in [3.8, 4) is 22.6 Å². The Bertz CT molecular complexity index is 2010. The van der Waals surface area contributed by atoms with E-state index in [1.807, 2.05) is 60.7 Å². The average molecular weight is 696 g/mol. The molecule has 6 nitrogen and oxygen atoms in total. The molecule has 0 spiro atoms. The zero-order chi connectivity index (χ0) is 35.0. The predicted molar refractivity (Wildman–Crippen MR) is 207 cm³/mol. The van der Waals surface area contributed by atoms with E-state index in [0.717, 1.165) is 61.6 Å². The van der Waals surface area contributed by atoms with Crippen LogP contribution in [0.4, 0.5) is 0 Å². The number of rotatable bonds is 11. The lowest BCUT2D eigenvalue weighted by Crippen LogP contribution is -2.38. The minimum absolute atomic E-state index is 0.107. The Balaban J connectivity index is 1.34. The maximum Gasteiger partial charge on any atom is 0.266 e. The highest BCUT2D eigenvalue weighted by molar-refractivity contribution is 8.26. The largest absolute Gasteiger partial charge is 0.497 e. The minimum atomic E-state index is -0.288. The molecule has 1 aliphatic rings. The molecule has 0 aromatic heterocycles. The Morgan fingerprint density at radius 2 is 1.16 bits per heavy atom. The molecule has 0 saturated carbocycles. The van der Waals surface area contributed by atoms with Crippen LogP contribution in [0.1, 0.15) is 34.7 Å². The number of thiocarbonyl (C=S) groups is 1. The number of hydrogen-bond acceptors (Lipinski definition) is 6. The molecule has 249 valence electrons. The van der Waals surface area contributed by atoms with Crippen LogP contribution < -0.4 is 14.8 Å². The van der Waals surface area contributed by atoms with Gasteiger partial charge in [0.2, 0.25) is 5.91 Å². The van der Waals surface area contributed by atoms with Crippen molar-refractivity contribution in [1.29, 1.82) is 0 Å². The van der Waals surface area contributed by atoms with Crippen molar-refractivity contribution < 1.29 is 19.1 Å². The van der Waals surface area contributed by atoms with Gasteiger partial charge >= 0.3 is 0 Å². The Hall–Kier alpha value is -5.44. The quantitative estimate of drug-likeness (QED) is 0.0846. The van der Waals surface area contributed by atoms with E-state index in [1.54, 1.807) is 21.1 Å². The molecule has 1 fully saturated rings. The smallest absolute Gasteiger partial charge is 0.266 e. The second kappa shape index (κ2) is 15.8. The van der Waals surface area contributed by atoms with Crippen molar-refractivity contribution in [2.24, 2.45) is 0 Å². The van der Waals surface area contributed by atoms with Gasteiger partial charge in [-0.3, -0.25) is 14.5 Å². The summed E-state index contributed by atoms with van der Waals surface area (Å²) in [6, 6.07) is 43.4. The van der Waals surface area contributed by atoms with Crippen LogP contribution in [0.3, 0.4) is 0 Å². The van der Waals surface area contributed by atoms with Crippen LogP contribution in [0.5, 0.6) is 11.5 Å². The lowest BCUT2D eigenvalue weighted by Gasteiger charge is -2.19. The van der Waals surface area contributed by atoms with Gasteiger partial charge in [-0.05, 0) is 87.4 Å². The molecule has 1 saturated heterocycles. The number of thioether (sulfide) groups is 1. The summed E-state index contributed by atoms with van der Waals surface area (Å²) in [6.07, 6.45) is 1.81. The fraction of sp³-hybridized carbons (Fsp3) is 0.0952. The summed E-state index contributed by atoms with van der Waals surface area (Å²) >= 11 is 6.58. The summed E-state index contributed by atoms with van der Waals surface area (Å²) in [5, 5.41) is 2.59. The van der Waals surface area contributed by atoms with Gasteiger partial charge in [-0.25, -0.2) is 0 Å². The summed E-state index contributed by atoms with van der Waals surface area (Å²) in [5.41, 5.74) is 9.47. The van der Waals surface area contributed by atoms with Crippen molar-refractivity contribution in [3.05, 3.63) is 167 Å². The van der Waals surface area contributed by atoms with E-state index in [-0.39, 0.29) is 18.4 Å². The van der Waals surface area contributed by atoms with E-state index in [1.165, 1.54) is 23.2 Å². The fourth-order valence-corrected chi connectivity index (χ4v) is 7.03. The van der Waals surface area contributed by atoms with Crippen LogP contribution in [-0.2, 0) is 9.59 Å². The van der Waals surface area contributed by atoms with Gasteiger partial charge in [0.05, 0.1) is 19.1 Å². The van der Waals surface area contributed by atoms with E-state index in [0.29, 0.717) is 9.23 Å². The molecule has 0 aliphatic carbocycles. The third kappa shape index (κ3) is 7.72. The Kier molecular flexibility index (Phi) is 10.9. The SMILES string of the molecule is C[CH]NC(=O)CN1C(=O)/C(=C\c2ccc(-c3ccc(C(=C(c4ccc(OC)cc4)c4ccc(OC)cc4)c4ccccc4)cc3)cc2)SC1=S. The molecule has 2 amide bonds. The van der Waals surface area contributed by atoms with Gasteiger partial charge in [-0.2, -0.15) is 0 Å². The number of carbonyl (C=O) groups is 2. The summed E-state index contributed by atoms with van der Waals surface area (Å²) in [5.74, 6) is 1.04. The van der Waals surface area contributed by atoms with Crippen molar-refractivity contribution >= 4 is 57.3 Å². The summed E-state index contributed by atoms with van der Waals surface area (Å²) in [6.45, 7) is 3.14. The van der Waals surface area contributed by atoms with E-state index in [4.69, 9.17) is 21.7 Å². The number of benzene rings is 5. The highest BCUT2D eigenvalue weighted by atomic mass is 32.2. The standard InChI is InChI=1S/C42H35N2O4S2/c1-4-43-38(45)27-44-41(46)37(50-42(44)49)26-28-10-12-29(13-11-28)30-14-16-32(17-15-30)39(31-8-6-5-7-9-31)40(33-18-22-35(47-2)23-19-33)34-20-24-36(48-3)25-21-34/h4-26H,27H2,1-3H3,(H,43,45)/b37-26+. The van der Waals surface area contributed by atoms with E-state index in [9.17, 15) is 9.59 Å². The van der Waals surface area contributed by atoms with Crippen molar-refractivity contribution in [3.63, 3.8) is 0 Å². The molecule has 1 aliphatic heterocycles. The first-order valence-electron chi connectivity index (χ1n) is 16.0. The van der Waals surface area contributed by atoms with Gasteiger partial charge in [0.25, 0.3) is 5.91 Å². The highest BCUT2D eigenvalue weighted by Gasteiger charge is 2.33. The van der Waals surface area contributed by atoms with Crippen LogP contribution in [0.2, 0.25) is 0 Å². The first-order chi connectivity index (χ1) is 24.4. The average Bonchev–Trinajstić information content (AvgIpc) is 3.42.